The van der Waals surface area contributed by atoms with Gasteiger partial charge in [0.15, 0.2) is 0 Å². The van der Waals surface area contributed by atoms with E-state index in [4.69, 9.17) is 4.42 Å². The van der Waals surface area contributed by atoms with E-state index in [0.29, 0.717) is 0 Å². The molecule has 0 atom stereocenters. The van der Waals surface area contributed by atoms with E-state index in [0.717, 1.165) is 12.0 Å². The lowest BCUT2D eigenvalue weighted by atomic mass is 10.1. The molecule has 0 saturated carbocycles. The Morgan fingerprint density at radius 3 is 2.31 bits per heavy atom. The summed E-state index contributed by atoms with van der Waals surface area (Å²) in [6.45, 7) is 2.16. The van der Waals surface area contributed by atoms with Crippen LogP contribution in [0.1, 0.15) is 12.5 Å². The fraction of sp³-hybridized carbons (Fsp3) is 0.167. The van der Waals surface area contributed by atoms with E-state index >= 15 is 0 Å². The third-order valence-corrected chi connectivity index (χ3v) is 2.22. The Kier molecular flexibility index (Phi) is 2.17. The van der Waals surface area contributed by atoms with Gasteiger partial charge >= 0.3 is 0 Å². The molecule has 0 bridgehead atoms. The van der Waals surface area contributed by atoms with Crippen LogP contribution in [0.25, 0.3) is 11.1 Å². The van der Waals surface area contributed by atoms with Crippen molar-refractivity contribution in [2.45, 2.75) is 13.3 Å². The fourth-order valence-electron chi connectivity index (χ4n) is 1.36. The maximum atomic E-state index is 5.03. The molecule has 2 rings (SSSR count). The summed E-state index contributed by atoms with van der Waals surface area (Å²) in [5, 5.41) is 0. The molecule has 0 aliphatic carbocycles. The first-order valence-corrected chi connectivity index (χ1v) is 4.51. The number of hydrogen-bond acceptors (Lipinski definition) is 1. The van der Waals surface area contributed by atoms with Gasteiger partial charge in [0.2, 0.25) is 0 Å². The van der Waals surface area contributed by atoms with E-state index in [1.54, 1.807) is 12.5 Å². The average Bonchev–Trinajstić information content (AvgIpc) is 2.71. The summed E-state index contributed by atoms with van der Waals surface area (Å²) in [4.78, 5) is 0. The van der Waals surface area contributed by atoms with Crippen molar-refractivity contribution >= 4 is 0 Å². The Morgan fingerprint density at radius 1 is 1.00 bits per heavy atom. The molecule has 0 radical (unpaired) electrons. The van der Waals surface area contributed by atoms with Gasteiger partial charge in [0, 0.05) is 5.56 Å². The number of rotatable bonds is 2. The first-order chi connectivity index (χ1) is 6.40. The number of benzene rings is 1. The monoisotopic (exact) mass is 172 g/mol. The predicted molar refractivity (Wildman–Crippen MR) is 53.5 cm³/mol. The average molecular weight is 172 g/mol. The Hall–Kier alpha value is -1.50. The standard InChI is InChI=1S/C12H12O/c1-2-10-3-5-11(6-4-10)12-7-8-13-9-12/h3-9H,2H2,1H3. The van der Waals surface area contributed by atoms with E-state index in [2.05, 4.69) is 31.2 Å². The fourth-order valence-corrected chi connectivity index (χ4v) is 1.36. The van der Waals surface area contributed by atoms with E-state index in [1.807, 2.05) is 6.07 Å². The van der Waals surface area contributed by atoms with Crippen LogP contribution in [0.5, 0.6) is 0 Å². The van der Waals surface area contributed by atoms with Crippen LogP contribution in [0.2, 0.25) is 0 Å². The smallest absolute Gasteiger partial charge is 0.0980 e. The summed E-state index contributed by atoms with van der Waals surface area (Å²) in [6, 6.07) is 10.5. The highest BCUT2D eigenvalue weighted by Crippen LogP contribution is 2.19. The number of aryl methyl sites for hydroxylation is 1. The van der Waals surface area contributed by atoms with Gasteiger partial charge < -0.3 is 4.42 Å². The molecule has 0 spiro atoms. The molecule has 0 fully saturated rings. The molecule has 0 unspecified atom stereocenters. The van der Waals surface area contributed by atoms with Crippen molar-refractivity contribution < 1.29 is 4.42 Å². The van der Waals surface area contributed by atoms with Gasteiger partial charge in [-0.05, 0) is 23.6 Å². The highest BCUT2D eigenvalue weighted by molar-refractivity contribution is 5.62. The SMILES string of the molecule is CCc1ccc(-c2ccoc2)cc1. The predicted octanol–water partition coefficient (Wildman–Crippen LogP) is 3.51. The van der Waals surface area contributed by atoms with Gasteiger partial charge in [-0.15, -0.1) is 0 Å². The summed E-state index contributed by atoms with van der Waals surface area (Å²) >= 11 is 0. The lowest BCUT2D eigenvalue weighted by Crippen LogP contribution is -1.79. The summed E-state index contributed by atoms with van der Waals surface area (Å²) < 4.78 is 5.03. The lowest BCUT2D eigenvalue weighted by molar-refractivity contribution is 0.568. The van der Waals surface area contributed by atoms with E-state index in [1.165, 1.54) is 11.1 Å². The van der Waals surface area contributed by atoms with E-state index in [-0.39, 0.29) is 0 Å². The Labute approximate surface area is 78.0 Å². The van der Waals surface area contributed by atoms with Crippen LogP contribution in [0, 0.1) is 0 Å². The minimum atomic E-state index is 1.09. The van der Waals surface area contributed by atoms with Crippen molar-refractivity contribution in [1.82, 2.24) is 0 Å². The Morgan fingerprint density at radius 2 is 1.77 bits per heavy atom. The van der Waals surface area contributed by atoms with Crippen LogP contribution >= 0.6 is 0 Å². The zero-order chi connectivity index (χ0) is 9.10. The van der Waals surface area contributed by atoms with Crippen molar-refractivity contribution in [2.24, 2.45) is 0 Å². The second-order valence-electron chi connectivity index (χ2n) is 3.06. The lowest BCUT2D eigenvalue weighted by Gasteiger charge is -1.98. The van der Waals surface area contributed by atoms with Crippen LogP contribution in [-0.2, 0) is 6.42 Å². The van der Waals surface area contributed by atoms with E-state index in [9.17, 15) is 0 Å². The van der Waals surface area contributed by atoms with Gasteiger partial charge in [-0.1, -0.05) is 31.2 Å². The summed E-state index contributed by atoms with van der Waals surface area (Å²) in [7, 11) is 0. The van der Waals surface area contributed by atoms with Gasteiger partial charge in [-0.25, -0.2) is 0 Å². The van der Waals surface area contributed by atoms with Crippen molar-refractivity contribution in [3.8, 4) is 11.1 Å². The van der Waals surface area contributed by atoms with Crippen LogP contribution in [0.15, 0.2) is 47.3 Å². The number of furan rings is 1. The second kappa shape index (κ2) is 3.48. The Bertz CT molecular complexity index is 357. The molecule has 0 aliphatic heterocycles. The Balaban J connectivity index is 2.33. The highest BCUT2D eigenvalue weighted by atomic mass is 16.3. The molecule has 0 aliphatic rings. The van der Waals surface area contributed by atoms with Crippen LogP contribution in [-0.4, -0.2) is 0 Å². The first-order valence-electron chi connectivity index (χ1n) is 4.51. The van der Waals surface area contributed by atoms with Crippen LogP contribution < -0.4 is 0 Å². The van der Waals surface area contributed by atoms with E-state index < -0.39 is 0 Å². The normalized spacial score (nSPS) is 10.2. The maximum absolute atomic E-state index is 5.03. The zero-order valence-electron chi connectivity index (χ0n) is 7.66. The maximum Gasteiger partial charge on any atom is 0.0980 e. The minimum absolute atomic E-state index is 1.09. The van der Waals surface area contributed by atoms with Gasteiger partial charge in [0.1, 0.15) is 0 Å². The topological polar surface area (TPSA) is 13.1 Å². The first kappa shape index (κ1) is 8.11. The minimum Gasteiger partial charge on any atom is -0.472 e. The number of hydrogen-bond donors (Lipinski definition) is 0. The molecule has 1 aromatic carbocycles. The molecule has 2 aromatic rings. The third kappa shape index (κ3) is 1.64. The van der Waals surface area contributed by atoms with Crippen molar-refractivity contribution in [1.29, 1.82) is 0 Å². The van der Waals surface area contributed by atoms with Crippen molar-refractivity contribution in [2.75, 3.05) is 0 Å². The molecule has 1 aromatic heterocycles. The van der Waals surface area contributed by atoms with Crippen molar-refractivity contribution in [3.63, 3.8) is 0 Å². The molecule has 66 valence electrons. The molecule has 1 nitrogen and oxygen atoms in total. The second-order valence-corrected chi connectivity index (χ2v) is 3.06. The van der Waals surface area contributed by atoms with Gasteiger partial charge in [0.05, 0.1) is 12.5 Å². The summed E-state index contributed by atoms with van der Waals surface area (Å²) in [5.41, 5.74) is 3.72. The van der Waals surface area contributed by atoms with Gasteiger partial charge in [-0.3, -0.25) is 0 Å². The molecular formula is C12H12O. The van der Waals surface area contributed by atoms with Gasteiger partial charge in [-0.2, -0.15) is 0 Å². The highest BCUT2D eigenvalue weighted by Gasteiger charge is 1.97. The van der Waals surface area contributed by atoms with Crippen LogP contribution in [0.3, 0.4) is 0 Å². The molecule has 1 heteroatoms. The summed E-state index contributed by atoms with van der Waals surface area (Å²) in [5.74, 6) is 0. The molecule has 0 N–H and O–H groups in total. The molecule has 0 saturated heterocycles. The molecular weight excluding hydrogens is 160 g/mol. The molecule has 1 heterocycles. The third-order valence-electron chi connectivity index (χ3n) is 2.22. The zero-order valence-corrected chi connectivity index (χ0v) is 7.66. The van der Waals surface area contributed by atoms with Gasteiger partial charge in [0.25, 0.3) is 0 Å². The molecule has 0 amide bonds. The largest absolute Gasteiger partial charge is 0.472 e. The molecule has 13 heavy (non-hydrogen) atoms. The van der Waals surface area contributed by atoms with Crippen molar-refractivity contribution in [3.05, 3.63) is 48.4 Å². The summed E-state index contributed by atoms with van der Waals surface area (Å²) in [6.07, 6.45) is 4.55. The van der Waals surface area contributed by atoms with Crippen LogP contribution in [0.4, 0.5) is 0 Å². The quantitative estimate of drug-likeness (QED) is 0.675.